The number of imide groups is 2. The molecule has 26 heavy (non-hydrogen) atoms. The number of urea groups is 1. The minimum Gasteiger partial charge on any atom is -0.273 e. The number of anilines is 1. The highest BCUT2D eigenvalue weighted by Gasteiger charge is 2.36. The zero-order valence-corrected chi connectivity index (χ0v) is 15.9. The van der Waals surface area contributed by atoms with E-state index in [1.807, 2.05) is 24.3 Å². The van der Waals surface area contributed by atoms with Gasteiger partial charge in [-0.3, -0.25) is 14.9 Å². The molecule has 0 atom stereocenters. The molecule has 1 heterocycles. The average Bonchev–Trinajstić information content (AvgIpc) is 2.59. The van der Waals surface area contributed by atoms with Gasteiger partial charge in [0.2, 0.25) is 0 Å². The van der Waals surface area contributed by atoms with Gasteiger partial charge >= 0.3 is 6.03 Å². The number of nitrogens with one attached hydrogen (secondary N) is 1. The highest BCUT2D eigenvalue weighted by molar-refractivity contribution is 9.10. The molecule has 2 aromatic rings. The Balaban J connectivity index is 1.97. The number of barbiturate groups is 1. The van der Waals surface area contributed by atoms with E-state index in [0.717, 1.165) is 20.5 Å². The van der Waals surface area contributed by atoms with Crippen LogP contribution in [0.1, 0.15) is 30.9 Å². The Labute approximate surface area is 159 Å². The van der Waals surface area contributed by atoms with Gasteiger partial charge in [-0.05, 0) is 41.3 Å². The summed E-state index contributed by atoms with van der Waals surface area (Å²) >= 11 is 3.32. The minimum absolute atomic E-state index is 0.0816. The lowest BCUT2D eigenvalue weighted by Gasteiger charge is -2.26. The summed E-state index contributed by atoms with van der Waals surface area (Å²) in [7, 11) is 0. The fraction of sp³-hybridized carbons (Fsp3) is 0.150. The summed E-state index contributed by atoms with van der Waals surface area (Å²) in [4.78, 5) is 38.1. The Morgan fingerprint density at radius 2 is 1.73 bits per heavy atom. The summed E-state index contributed by atoms with van der Waals surface area (Å²) < 4.78 is 0.724. The van der Waals surface area contributed by atoms with Crippen molar-refractivity contribution in [3.05, 3.63) is 69.7 Å². The Kier molecular flexibility index (Phi) is 5.04. The maximum Gasteiger partial charge on any atom is 0.335 e. The predicted octanol–water partition coefficient (Wildman–Crippen LogP) is 4.24. The lowest BCUT2D eigenvalue weighted by atomic mass is 10.0. The van der Waals surface area contributed by atoms with Gasteiger partial charge in [-0.25, -0.2) is 9.69 Å². The first kappa shape index (κ1) is 18.1. The molecular weight excluding hydrogens is 396 g/mol. The van der Waals surface area contributed by atoms with Gasteiger partial charge in [0.05, 0.1) is 5.69 Å². The Hall–Kier alpha value is -2.73. The fourth-order valence-corrected chi connectivity index (χ4v) is 3.04. The Bertz CT molecular complexity index is 917. The van der Waals surface area contributed by atoms with E-state index in [1.54, 1.807) is 24.3 Å². The topological polar surface area (TPSA) is 66.5 Å². The van der Waals surface area contributed by atoms with Crippen molar-refractivity contribution in [3.63, 3.8) is 0 Å². The molecule has 0 spiro atoms. The molecule has 1 fully saturated rings. The third kappa shape index (κ3) is 3.60. The number of hydrogen-bond acceptors (Lipinski definition) is 3. The molecule has 5 nitrogen and oxygen atoms in total. The van der Waals surface area contributed by atoms with E-state index in [-0.39, 0.29) is 5.57 Å². The largest absolute Gasteiger partial charge is 0.335 e. The molecule has 132 valence electrons. The van der Waals surface area contributed by atoms with Crippen LogP contribution in [0.2, 0.25) is 0 Å². The van der Waals surface area contributed by atoms with Crippen LogP contribution in [-0.2, 0) is 9.59 Å². The number of carbonyl (C=O) groups is 3. The number of amides is 4. The number of nitrogens with zero attached hydrogens (tertiary/aromatic N) is 1. The van der Waals surface area contributed by atoms with E-state index in [4.69, 9.17) is 0 Å². The number of halogens is 1. The Morgan fingerprint density at radius 1 is 1.04 bits per heavy atom. The summed E-state index contributed by atoms with van der Waals surface area (Å²) in [6.07, 6.45) is 1.50. The fourth-order valence-electron chi connectivity index (χ4n) is 2.65. The van der Waals surface area contributed by atoms with Crippen molar-refractivity contribution < 1.29 is 14.4 Å². The van der Waals surface area contributed by atoms with Crippen LogP contribution in [-0.4, -0.2) is 17.8 Å². The van der Waals surface area contributed by atoms with Crippen LogP contribution in [0.4, 0.5) is 10.5 Å². The van der Waals surface area contributed by atoms with Crippen molar-refractivity contribution in [2.75, 3.05) is 4.90 Å². The molecule has 0 saturated carbocycles. The van der Waals surface area contributed by atoms with E-state index < -0.39 is 17.8 Å². The van der Waals surface area contributed by atoms with Gasteiger partial charge in [0.15, 0.2) is 0 Å². The summed E-state index contributed by atoms with van der Waals surface area (Å²) in [5, 5.41) is 2.22. The second-order valence-electron chi connectivity index (χ2n) is 6.26. The molecule has 1 N–H and O–H groups in total. The van der Waals surface area contributed by atoms with E-state index >= 15 is 0 Å². The second-order valence-corrected chi connectivity index (χ2v) is 7.17. The summed E-state index contributed by atoms with van der Waals surface area (Å²) in [5.74, 6) is -0.954. The van der Waals surface area contributed by atoms with Crippen LogP contribution in [0.15, 0.2) is 58.6 Å². The number of hydrogen-bond donors (Lipinski definition) is 1. The normalized spacial score (nSPS) is 16.4. The van der Waals surface area contributed by atoms with Crippen LogP contribution in [0, 0.1) is 0 Å². The number of benzene rings is 2. The zero-order valence-electron chi connectivity index (χ0n) is 14.3. The van der Waals surface area contributed by atoms with Crippen molar-refractivity contribution in [2.45, 2.75) is 19.8 Å². The predicted molar refractivity (Wildman–Crippen MR) is 104 cm³/mol. The SMILES string of the molecule is CC(C)c1ccc(/C=C2\C(=O)NC(=O)N(c3cccc(Br)c3)C2=O)cc1. The molecule has 1 saturated heterocycles. The van der Waals surface area contributed by atoms with Gasteiger partial charge in [-0.2, -0.15) is 0 Å². The van der Waals surface area contributed by atoms with Crippen LogP contribution in [0.5, 0.6) is 0 Å². The first-order chi connectivity index (χ1) is 12.4. The Morgan fingerprint density at radius 3 is 2.35 bits per heavy atom. The first-order valence-electron chi connectivity index (χ1n) is 8.14. The van der Waals surface area contributed by atoms with Crippen molar-refractivity contribution in [1.29, 1.82) is 0 Å². The number of rotatable bonds is 3. The van der Waals surface area contributed by atoms with Gasteiger partial charge in [0.1, 0.15) is 5.57 Å². The van der Waals surface area contributed by atoms with Gasteiger partial charge in [-0.1, -0.05) is 60.1 Å². The van der Waals surface area contributed by atoms with E-state index in [1.165, 1.54) is 6.08 Å². The first-order valence-corrected chi connectivity index (χ1v) is 8.93. The lowest BCUT2D eigenvalue weighted by molar-refractivity contribution is -0.122. The summed E-state index contributed by atoms with van der Waals surface area (Å²) in [6, 6.07) is 13.6. The highest BCUT2D eigenvalue weighted by Crippen LogP contribution is 2.25. The summed E-state index contributed by atoms with van der Waals surface area (Å²) in [5.41, 5.74) is 2.19. The molecule has 1 aliphatic rings. The molecule has 2 aromatic carbocycles. The third-order valence-electron chi connectivity index (χ3n) is 4.08. The van der Waals surface area contributed by atoms with Crippen LogP contribution >= 0.6 is 15.9 Å². The molecule has 3 rings (SSSR count). The van der Waals surface area contributed by atoms with Crippen LogP contribution in [0.25, 0.3) is 6.08 Å². The van der Waals surface area contributed by atoms with E-state index in [9.17, 15) is 14.4 Å². The molecule has 0 aromatic heterocycles. The molecule has 0 bridgehead atoms. The second kappa shape index (κ2) is 7.25. The van der Waals surface area contributed by atoms with Crippen molar-refractivity contribution in [1.82, 2.24) is 5.32 Å². The molecule has 0 aliphatic carbocycles. The molecule has 1 aliphatic heterocycles. The monoisotopic (exact) mass is 412 g/mol. The van der Waals surface area contributed by atoms with Crippen LogP contribution < -0.4 is 10.2 Å². The lowest BCUT2D eigenvalue weighted by Crippen LogP contribution is -2.54. The molecule has 6 heteroatoms. The van der Waals surface area contributed by atoms with Crippen molar-refractivity contribution >= 4 is 45.5 Å². The molecule has 0 unspecified atom stereocenters. The number of carbonyl (C=O) groups excluding carboxylic acids is 3. The third-order valence-corrected chi connectivity index (χ3v) is 4.58. The maximum absolute atomic E-state index is 12.8. The highest BCUT2D eigenvalue weighted by atomic mass is 79.9. The van der Waals surface area contributed by atoms with Crippen molar-refractivity contribution in [3.8, 4) is 0 Å². The summed E-state index contributed by atoms with van der Waals surface area (Å²) in [6.45, 7) is 4.18. The van der Waals surface area contributed by atoms with Crippen molar-refractivity contribution in [2.24, 2.45) is 0 Å². The molecule has 4 amide bonds. The van der Waals surface area contributed by atoms with Gasteiger partial charge < -0.3 is 0 Å². The van der Waals surface area contributed by atoms with Gasteiger partial charge in [0.25, 0.3) is 11.8 Å². The minimum atomic E-state index is -0.759. The standard InChI is InChI=1S/C20H17BrN2O3/c1-12(2)14-8-6-13(7-9-14)10-17-18(24)22-20(26)23(19(17)25)16-5-3-4-15(21)11-16/h3-12H,1-2H3,(H,22,24,26)/b17-10+. The van der Waals surface area contributed by atoms with Gasteiger partial charge in [-0.15, -0.1) is 0 Å². The quantitative estimate of drug-likeness (QED) is 0.605. The maximum atomic E-state index is 12.8. The molecular formula is C20H17BrN2O3. The molecule has 0 radical (unpaired) electrons. The average molecular weight is 413 g/mol. The van der Waals surface area contributed by atoms with Crippen LogP contribution in [0.3, 0.4) is 0 Å². The van der Waals surface area contributed by atoms with E-state index in [0.29, 0.717) is 11.6 Å². The van der Waals surface area contributed by atoms with E-state index in [2.05, 4.69) is 35.1 Å². The zero-order chi connectivity index (χ0) is 18.8. The van der Waals surface area contributed by atoms with Gasteiger partial charge in [0, 0.05) is 4.47 Å². The smallest absolute Gasteiger partial charge is 0.273 e.